The van der Waals surface area contributed by atoms with Crippen molar-refractivity contribution in [3.63, 3.8) is 0 Å². The SMILES string of the molecule is S=c1[nH]nc(-c2cn3ccc(Br)cc3n2)n1-c1ccc2c(c1)OCO2. The van der Waals surface area contributed by atoms with Crippen LogP contribution in [0.15, 0.2) is 47.2 Å². The van der Waals surface area contributed by atoms with Gasteiger partial charge >= 0.3 is 0 Å². The third-order valence-corrected chi connectivity index (χ3v) is 4.71. The van der Waals surface area contributed by atoms with Gasteiger partial charge < -0.3 is 13.9 Å². The Balaban J connectivity index is 1.69. The maximum atomic E-state index is 5.46. The molecule has 25 heavy (non-hydrogen) atoms. The number of H-pyrrole nitrogens is 1. The second-order valence-electron chi connectivity index (χ2n) is 5.46. The fraction of sp³-hybridized carbons (Fsp3) is 0.0625. The molecule has 1 aliphatic rings. The van der Waals surface area contributed by atoms with Crippen LogP contribution in [0.2, 0.25) is 0 Å². The zero-order valence-electron chi connectivity index (χ0n) is 12.6. The second kappa shape index (κ2) is 5.43. The molecule has 5 rings (SSSR count). The number of fused-ring (bicyclic) bond motifs is 2. The van der Waals surface area contributed by atoms with Gasteiger partial charge in [0, 0.05) is 22.9 Å². The predicted octanol–water partition coefficient (Wildman–Crippen LogP) is 3.74. The van der Waals surface area contributed by atoms with Crippen molar-refractivity contribution in [3.8, 4) is 28.7 Å². The minimum Gasteiger partial charge on any atom is -0.454 e. The minimum atomic E-state index is 0.226. The average Bonchev–Trinajstić information content (AvgIpc) is 3.30. The van der Waals surface area contributed by atoms with E-state index in [0.29, 0.717) is 22.0 Å². The van der Waals surface area contributed by atoms with E-state index in [9.17, 15) is 0 Å². The van der Waals surface area contributed by atoms with Gasteiger partial charge in [0.2, 0.25) is 6.79 Å². The van der Waals surface area contributed by atoms with Crippen molar-refractivity contribution in [3.05, 3.63) is 52.0 Å². The van der Waals surface area contributed by atoms with Gasteiger partial charge in [-0.2, -0.15) is 5.10 Å². The van der Waals surface area contributed by atoms with Crippen LogP contribution in [0.4, 0.5) is 0 Å². The Hall–Kier alpha value is -2.65. The van der Waals surface area contributed by atoms with Crippen LogP contribution in [0.5, 0.6) is 11.5 Å². The monoisotopic (exact) mass is 415 g/mol. The highest BCUT2D eigenvalue weighted by molar-refractivity contribution is 9.10. The van der Waals surface area contributed by atoms with Crippen molar-refractivity contribution in [2.45, 2.75) is 0 Å². The third-order valence-electron chi connectivity index (χ3n) is 3.94. The minimum absolute atomic E-state index is 0.226. The Morgan fingerprint density at radius 2 is 2.04 bits per heavy atom. The molecule has 0 unspecified atom stereocenters. The molecule has 0 aliphatic carbocycles. The normalized spacial score (nSPS) is 12.8. The van der Waals surface area contributed by atoms with Crippen molar-refractivity contribution in [1.29, 1.82) is 0 Å². The zero-order valence-corrected chi connectivity index (χ0v) is 15.0. The van der Waals surface area contributed by atoms with Gasteiger partial charge in [0.1, 0.15) is 11.3 Å². The number of imidazole rings is 1. The first-order valence-corrected chi connectivity index (χ1v) is 8.61. The Labute approximate surface area is 155 Å². The fourth-order valence-corrected chi connectivity index (χ4v) is 3.36. The maximum Gasteiger partial charge on any atom is 0.231 e. The van der Waals surface area contributed by atoms with Crippen LogP contribution in [0, 0.1) is 4.77 Å². The van der Waals surface area contributed by atoms with Gasteiger partial charge in [-0.05, 0) is 36.5 Å². The summed E-state index contributed by atoms with van der Waals surface area (Å²) >= 11 is 8.87. The van der Waals surface area contributed by atoms with E-state index in [1.807, 2.05) is 51.7 Å². The van der Waals surface area contributed by atoms with Crippen LogP contribution >= 0.6 is 28.1 Å². The van der Waals surface area contributed by atoms with E-state index < -0.39 is 0 Å². The van der Waals surface area contributed by atoms with Crippen molar-refractivity contribution in [1.82, 2.24) is 24.1 Å². The number of pyridine rings is 1. The number of ether oxygens (including phenoxy) is 2. The molecule has 4 aromatic rings. The van der Waals surface area contributed by atoms with Crippen LogP contribution in [-0.4, -0.2) is 30.9 Å². The Bertz CT molecular complexity index is 1180. The van der Waals surface area contributed by atoms with E-state index in [1.165, 1.54) is 0 Å². The fourth-order valence-electron chi connectivity index (χ4n) is 2.80. The summed E-state index contributed by atoms with van der Waals surface area (Å²) < 4.78 is 16.0. The molecule has 124 valence electrons. The summed E-state index contributed by atoms with van der Waals surface area (Å²) in [5.41, 5.74) is 2.36. The molecule has 1 aromatic carbocycles. The number of benzene rings is 1. The Morgan fingerprint density at radius 3 is 2.96 bits per heavy atom. The number of hydrogen-bond donors (Lipinski definition) is 1. The van der Waals surface area contributed by atoms with Crippen LogP contribution in [-0.2, 0) is 0 Å². The standard InChI is InChI=1S/C16H10BrN5O2S/c17-9-3-4-21-7-11(18-14(21)5-9)15-19-20-16(25)22(15)10-1-2-12-13(6-10)24-8-23-12/h1-7H,8H2,(H,20,25). The van der Waals surface area contributed by atoms with E-state index in [0.717, 1.165) is 21.6 Å². The molecule has 1 N–H and O–H groups in total. The van der Waals surface area contributed by atoms with Crippen molar-refractivity contribution < 1.29 is 9.47 Å². The van der Waals surface area contributed by atoms with Gasteiger partial charge in [-0.25, -0.2) is 4.98 Å². The number of aromatic amines is 1. The smallest absolute Gasteiger partial charge is 0.231 e. The molecule has 0 radical (unpaired) electrons. The lowest BCUT2D eigenvalue weighted by Gasteiger charge is -2.06. The van der Waals surface area contributed by atoms with Gasteiger partial charge in [0.15, 0.2) is 22.1 Å². The summed E-state index contributed by atoms with van der Waals surface area (Å²) in [5, 5.41) is 7.20. The highest BCUT2D eigenvalue weighted by atomic mass is 79.9. The summed E-state index contributed by atoms with van der Waals surface area (Å²) in [6.07, 6.45) is 3.85. The zero-order chi connectivity index (χ0) is 17.0. The van der Waals surface area contributed by atoms with Gasteiger partial charge in [-0.1, -0.05) is 15.9 Å². The number of nitrogens with zero attached hydrogens (tertiary/aromatic N) is 4. The molecule has 7 nitrogen and oxygen atoms in total. The van der Waals surface area contributed by atoms with Crippen LogP contribution in [0.1, 0.15) is 0 Å². The highest BCUT2D eigenvalue weighted by Gasteiger charge is 2.18. The molecular formula is C16H10BrN5O2S. The molecule has 4 heterocycles. The highest BCUT2D eigenvalue weighted by Crippen LogP contribution is 2.34. The second-order valence-corrected chi connectivity index (χ2v) is 6.76. The first-order chi connectivity index (χ1) is 12.2. The number of halogens is 1. The molecule has 0 fully saturated rings. The predicted molar refractivity (Wildman–Crippen MR) is 96.8 cm³/mol. The lowest BCUT2D eigenvalue weighted by molar-refractivity contribution is 0.174. The van der Waals surface area contributed by atoms with Crippen LogP contribution < -0.4 is 9.47 Å². The number of aromatic nitrogens is 5. The Kier molecular flexibility index (Phi) is 3.19. The van der Waals surface area contributed by atoms with Crippen LogP contribution in [0.3, 0.4) is 0 Å². The molecule has 0 saturated heterocycles. The lowest BCUT2D eigenvalue weighted by Crippen LogP contribution is -1.98. The molecule has 0 saturated carbocycles. The maximum absolute atomic E-state index is 5.46. The Morgan fingerprint density at radius 1 is 1.16 bits per heavy atom. The number of hydrogen-bond acceptors (Lipinski definition) is 5. The van der Waals surface area contributed by atoms with E-state index in [1.54, 1.807) is 0 Å². The summed E-state index contributed by atoms with van der Waals surface area (Å²) in [4.78, 5) is 4.64. The van der Waals surface area contributed by atoms with Gasteiger partial charge in [-0.15, -0.1) is 0 Å². The van der Waals surface area contributed by atoms with E-state index in [2.05, 4.69) is 31.1 Å². The lowest BCUT2D eigenvalue weighted by atomic mass is 10.2. The van der Waals surface area contributed by atoms with Gasteiger partial charge in [0.25, 0.3) is 0 Å². The van der Waals surface area contributed by atoms with Gasteiger partial charge in [0.05, 0.1) is 5.69 Å². The largest absolute Gasteiger partial charge is 0.454 e. The van der Waals surface area contributed by atoms with Crippen molar-refractivity contribution in [2.24, 2.45) is 0 Å². The summed E-state index contributed by atoms with van der Waals surface area (Å²) in [6.45, 7) is 0.226. The molecule has 0 atom stereocenters. The quantitative estimate of drug-likeness (QED) is 0.505. The third kappa shape index (κ3) is 2.35. The molecule has 9 heteroatoms. The summed E-state index contributed by atoms with van der Waals surface area (Å²) in [5.74, 6) is 2.03. The van der Waals surface area contributed by atoms with Crippen molar-refractivity contribution in [2.75, 3.05) is 6.79 Å². The number of nitrogens with one attached hydrogen (secondary N) is 1. The van der Waals surface area contributed by atoms with Crippen molar-refractivity contribution >= 4 is 33.8 Å². The molecule has 1 aliphatic heterocycles. The topological polar surface area (TPSA) is 69.4 Å². The molecule has 0 amide bonds. The number of rotatable bonds is 2. The first kappa shape index (κ1) is 14.7. The van der Waals surface area contributed by atoms with E-state index in [4.69, 9.17) is 21.7 Å². The van der Waals surface area contributed by atoms with Gasteiger partial charge in [-0.3, -0.25) is 9.67 Å². The molecule has 3 aromatic heterocycles. The van der Waals surface area contributed by atoms with E-state index in [-0.39, 0.29) is 6.79 Å². The average molecular weight is 416 g/mol. The summed E-state index contributed by atoms with van der Waals surface area (Å²) in [6, 6.07) is 9.54. The van der Waals surface area contributed by atoms with E-state index >= 15 is 0 Å². The molecule has 0 bridgehead atoms. The van der Waals surface area contributed by atoms with Crippen LogP contribution in [0.25, 0.3) is 22.9 Å². The molecular weight excluding hydrogens is 406 g/mol. The first-order valence-electron chi connectivity index (χ1n) is 7.41. The summed E-state index contributed by atoms with van der Waals surface area (Å²) in [7, 11) is 0. The molecule has 0 spiro atoms.